The van der Waals surface area contributed by atoms with Crippen molar-refractivity contribution >= 4 is 11.6 Å². The maximum atomic E-state index is 12.5. The Morgan fingerprint density at radius 1 is 1.41 bits per heavy atom. The van der Waals surface area contributed by atoms with E-state index in [0.717, 1.165) is 0 Å². The van der Waals surface area contributed by atoms with Crippen LogP contribution in [0.5, 0.6) is 0 Å². The summed E-state index contributed by atoms with van der Waals surface area (Å²) in [6.45, 7) is 0. The van der Waals surface area contributed by atoms with Crippen molar-refractivity contribution in [2.24, 2.45) is 0 Å². The van der Waals surface area contributed by atoms with Crippen LogP contribution in [0.3, 0.4) is 0 Å². The molecule has 17 heavy (non-hydrogen) atoms. The van der Waals surface area contributed by atoms with E-state index in [9.17, 15) is 22.0 Å². The molecule has 0 aliphatic carbocycles. The maximum absolute atomic E-state index is 12.5. The van der Waals surface area contributed by atoms with E-state index in [0.29, 0.717) is 0 Å². The summed E-state index contributed by atoms with van der Waals surface area (Å²) in [4.78, 5) is 2.97. The van der Waals surface area contributed by atoms with Gasteiger partial charge in [-0.2, -0.15) is 18.4 Å². The van der Waals surface area contributed by atoms with Crippen LogP contribution in [0, 0.1) is 11.3 Å². The third-order valence-electron chi connectivity index (χ3n) is 1.97. The van der Waals surface area contributed by atoms with Crippen molar-refractivity contribution in [2.45, 2.75) is 18.5 Å². The van der Waals surface area contributed by atoms with E-state index in [4.69, 9.17) is 16.9 Å². The molecule has 0 bridgehead atoms. The van der Waals surface area contributed by atoms with Gasteiger partial charge < -0.3 is 0 Å². The molecule has 0 aliphatic rings. The van der Waals surface area contributed by atoms with Gasteiger partial charge in [-0.25, -0.2) is 8.78 Å². The van der Waals surface area contributed by atoms with Gasteiger partial charge in [-0.05, 0) is 0 Å². The number of hydrogen-bond acceptors (Lipinski definition) is 2. The first-order chi connectivity index (χ1) is 7.82. The second-order valence-corrected chi connectivity index (χ2v) is 3.22. The van der Waals surface area contributed by atoms with Gasteiger partial charge in [0.25, 0.3) is 6.43 Å². The molecule has 8 heteroatoms. The predicted octanol–water partition coefficient (Wildman–Crippen LogP) is 3.65. The SMILES string of the molecule is N#Cc1c(C(F)F)ncc(C(F)(F)F)c1CCl. The summed E-state index contributed by atoms with van der Waals surface area (Å²) in [5.41, 5.74) is -3.75. The lowest BCUT2D eigenvalue weighted by Crippen LogP contribution is -2.13. The van der Waals surface area contributed by atoms with Crippen LogP contribution in [-0.4, -0.2) is 4.98 Å². The smallest absolute Gasteiger partial charge is 0.253 e. The van der Waals surface area contributed by atoms with Gasteiger partial charge >= 0.3 is 6.18 Å². The molecule has 0 N–H and O–H groups in total. The first kappa shape index (κ1) is 13.6. The average Bonchev–Trinajstić information content (AvgIpc) is 2.25. The fourth-order valence-corrected chi connectivity index (χ4v) is 1.52. The highest BCUT2D eigenvalue weighted by molar-refractivity contribution is 6.17. The van der Waals surface area contributed by atoms with E-state index in [2.05, 4.69) is 4.98 Å². The van der Waals surface area contributed by atoms with Crippen LogP contribution >= 0.6 is 11.6 Å². The summed E-state index contributed by atoms with van der Waals surface area (Å²) < 4.78 is 62.3. The third-order valence-corrected chi connectivity index (χ3v) is 2.24. The molecule has 92 valence electrons. The Labute approximate surface area is 97.6 Å². The molecule has 1 rings (SSSR count). The van der Waals surface area contributed by atoms with Gasteiger partial charge in [-0.3, -0.25) is 4.98 Å². The standard InChI is InChI=1S/C9H4ClF5N2/c10-1-4-5(2-16)7(8(11)12)17-3-6(4)9(13,14)15/h3,8H,1H2. The minimum absolute atomic E-state index is 0.264. The second-order valence-electron chi connectivity index (χ2n) is 2.95. The molecule has 0 unspecified atom stereocenters. The molecule has 0 aromatic carbocycles. The molecular formula is C9H4ClF5N2. The molecule has 1 aromatic heterocycles. The minimum atomic E-state index is -4.79. The normalized spacial score (nSPS) is 11.6. The van der Waals surface area contributed by atoms with Crippen molar-refractivity contribution in [3.63, 3.8) is 0 Å². The van der Waals surface area contributed by atoms with Gasteiger partial charge in [0, 0.05) is 17.6 Å². The highest BCUT2D eigenvalue weighted by Crippen LogP contribution is 2.35. The van der Waals surface area contributed by atoms with Gasteiger partial charge in [-0.1, -0.05) is 0 Å². The first-order valence-electron chi connectivity index (χ1n) is 4.16. The van der Waals surface area contributed by atoms with Crippen LogP contribution in [0.25, 0.3) is 0 Å². The molecule has 0 amide bonds. The number of halogens is 6. The molecule has 1 heterocycles. The van der Waals surface area contributed by atoms with E-state index in [1.54, 1.807) is 0 Å². The van der Waals surface area contributed by atoms with Crippen molar-refractivity contribution in [3.8, 4) is 6.07 Å². The molecule has 0 saturated heterocycles. The predicted molar refractivity (Wildman–Crippen MR) is 48.5 cm³/mol. The third kappa shape index (κ3) is 2.64. The Kier molecular flexibility index (Phi) is 3.88. The Balaban J connectivity index is 3.56. The van der Waals surface area contributed by atoms with Crippen LogP contribution in [0.4, 0.5) is 22.0 Å². The Hall–Kier alpha value is -1.42. The number of hydrogen-bond donors (Lipinski definition) is 0. The van der Waals surface area contributed by atoms with Crippen molar-refractivity contribution in [1.82, 2.24) is 4.98 Å². The average molecular weight is 271 g/mol. The lowest BCUT2D eigenvalue weighted by molar-refractivity contribution is -0.138. The summed E-state index contributed by atoms with van der Waals surface area (Å²) in [5.74, 6) is -0.694. The molecule has 2 nitrogen and oxygen atoms in total. The van der Waals surface area contributed by atoms with Crippen molar-refractivity contribution in [3.05, 3.63) is 28.6 Å². The summed E-state index contributed by atoms with van der Waals surface area (Å²) in [5, 5.41) is 8.62. The fraction of sp³-hybridized carbons (Fsp3) is 0.333. The molecule has 0 fully saturated rings. The van der Waals surface area contributed by atoms with Gasteiger partial charge in [0.2, 0.25) is 0 Å². The summed E-state index contributed by atoms with van der Waals surface area (Å²) in [6, 6.07) is 1.28. The Morgan fingerprint density at radius 2 is 2.00 bits per heavy atom. The number of aromatic nitrogens is 1. The number of alkyl halides is 6. The largest absolute Gasteiger partial charge is 0.418 e. The lowest BCUT2D eigenvalue weighted by Gasteiger charge is -2.13. The first-order valence-corrected chi connectivity index (χ1v) is 4.69. The van der Waals surface area contributed by atoms with Crippen LogP contribution in [0.2, 0.25) is 0 Å². The van der Waals surface area contributed by atoms with E-state index < -0.39 is 40.9 Å². The fourth-order valence-electron chi connectivity index (χ4n) is 1.24. The zero-order valence-electron chi connectivity index (χ0n) is 8.02. The number of pyridine rings is 1. The van der Waals surface area contributed by atoms with Gasteiger partial charge in [0.15, 0.2) is 0 Å². The number of nitrogens with zero attached hydrogens (tertiary/aromatic N) is 2. The van der Waals surface area contributed by atoms with Crippen LogP contribution in [-0.2, 0) is 12.1 Å². The van der Waals surface area contributed by atoms with Crippen molar-refractivity contribution < 1.29 is 22.0 Å². The van der Waals surface area contributed by atoms with Crippen LogP contribution in [0.1, 0.15) is 28.8 Å². The number of rotatable bonds is 2. The van der Waals surface area contributed by atoms with E-state index in [1.165, 1.54) is 6.07 Å². The zero-order chi connectivity index (χ0) is 13.2. The quantitative estimate of drug-likeness (QED) is 0.607. The molecule has 0 spiro atoms. The summed E-state index contributed by atoms with van der Waals surface area (Å²) >= 11 is 5.27. The lowest BCUT2D eigenvalue weighted by atomic mass is 10.0. The summed E-state index contributed by atoms with van der Waals surface area (Å²) in [6.07, 6.45) is -7.65. The van der Waals surface area contributed by atoms with E-state index in [-0.39, 0.29) is 6.20 Å². The molecule has 0 radical (unpaired) electrons. The minimum Gasteiger partial charge on any atom is -0.253 e. The Bertz CT molecular complexity index is 464. The molecule has 1 aromatic rings. The van der Waals surface area contributed by atoms with E-state index >= 15 is 0 Å². The van der Waals surface area contributed by atoms with Gasteiger partial charge in [0.1, 0.15) is 11.8 Å². The highest BCUT2D eigenvalue weighted by atomic mass is 35.5. The van der Waals surface area contributed by atoms with Gasteiger partial charge in [-0.15, -0.1) is 11.6 Å². The molecule has 0 aliphatic heterocycles. The monoisotopic (exact) mass is 270 g/mol. The molecule has 0 saturated carbocycles. The molecular weight excluding hydrogens is 267 g/mol. The molecule has 0 atom stereocenters. The number of nitriles is 1. The maximum Gasteiger partial charge on any atom is 0.418 e. The second kappa shape index (κ2) is 4.84. The van der Waals surface area contributed by atoms with Gasteiger partial charge in [0.05, 0.1) is 11.1 Å². The summed E-state index contributed by atoms with van der Waals surface area (Å²) in [7, 11) is 0. The topological polar surface area (TPSA) is 36.7 Å². The van der Waals surface area contributed by atoms with E-state index in [1.807, 2.05) is 0 Å². The van der Waals surface area contributed by atoms with Crippen molar-refractivity contribution in [2.75, 3.05) is 0 Å². The Morgan fingerprint density at radius 3 is 2.35 bits per heavy atom. The highest BCUT2D eigenvalue weighted by Gasteiger charge is 2.36. The van der Waals surface area contributed by atoms with Crippen LogP contribution < -0.4 is 0 Å². The zero-order valence-corrected chi connectivity index (χ0v) is 8.78. The van der Waals surface area contributed by atoms with Crippen LogP contribution in [0.15, 0.2) is 6.20 Å². The van der Waals surface area contributed by atoms with Crippen molar-refractivity contribution in [1.29, 1.82) is 5.26 Å².